The zero-order valence-electron chi connectivity index (χ0n) is 23.4. The topological polar surface area (TPSA) is 92.7 Å². The summed E-state index contributed by atoms with van der Waals surface area (Å²) in [6.45, 7) is 4.53. The molecule has 3 aromatic rings. The SMILES string of the molecule is COc1ccc(C(=O)C2CCN(C(=O)c3ccc(C(=O)CC4CCN(Cc5csc(C)n5)C[C@@H]4F)cn3)CC2)cc1. The molecule has 0 bridgehead atoms. The van der Waals surface area contributed by atoms with Crippen molar-refractivity contribution in [3.8, 4) is 5.75 Å². The van der Waals surface area contributed by atoms with E-state index in [-0.39, 0.29) is 41.4 Å². The number of ketones is 2. The van der Waals surface area contributed by atoms with Crippen molar-refractivity contribution in [1.29, 1.82) is 0 Å². The summed E-state index contributed by atoms with van der Waals surface area (Å²) in [7, 11) is 1.58. The molecular weight excluding hydrogens is 543 g/mol. The minimum absolute atomic E-state index is 0.0801. The van der Waals surface area contributed by atoms with Gasteiger partial charge in [-0.2, -0.15) is 0 Å². The molecule has 216 valence electrons. The maximum absolute atomic E-state index is 15.0. The molecule has 0 aliphatic carbocycles. The van der Waals surface area contributed by atoms with Crippen LogP contribution in [0.25, 0.3) is 0 Å². The van der Waals surface area contributed by atoms with Gasteiger partial charge in [0.15, 0.2) is 11.6 Å². The minimum atomic E-state index is -1.08. The van der Waals surface area contributed by atoms with Crippen molar-refractivity contribution in [2.45, 2.75) is 45.3 Å². The summed E-state index contributed by atoms with van der Waals surface area (Å²) in [6, 6.07) is 10.3. The fourth-order valence-corrected chi connectivity index (χ4v) is 6.24. The lowest BCUT2D eigenvalue weighted by atomic mass is 9.88. The first-order valence-electron chi connectivity index (χ1n) is 14.0. The van der Waals surface area contributed by atoms with Gasteiger partial charge in [0.2, 0.25) is 0 Å². The fourth-order valence-electron chi connectivity index (χ4n) is 5.64. The molecule has 2 atom stereocenters. The van der Waals surface area contributed by atoms with Crippen LogP contribution in [0.1, 0.15) is 67.6 Å². The summed E-state index contributed by atoms with van der Waals surface area (Å²) in [4.78, 5) is 51.3. The number of benzene rings is 1. The van der Waals surface area contributed by atoms with Gasteiger partial charge < -0.3 is 9.64 Å². The standard InChI is InChI=1S/C31H35FN4O4S/c1-20-34-25(19-41-20)17-35-12-9-23(27(32)18-35)15-29(37)24-5-8-28(33-16-24)31(39)36-13-10-22(11-14-36)30(38)21-3-6-26(40-2)7-4-21/h3-8,16,19,22-23,27H,9-15,17-18H2,1-2H3/t23?,27-/m0/s1. The van der Waals surface area contributed by atoms with Gasteiger partial charge in [-0.1, -0.05) is 0 Å². The zero-order valence-corrected chi connectivity index (χ0v) is 24.2. The van der Waals surface area contributed by atoms with E-state index >= 15 is 0 Å². The van der Waals surface area contributed by atoms with E-state index in [1.807, 2.05) is 12.3 Å². The van der Waals surface area contributed by atoms with Crippen LogP contribution >= 0.6 is 11.3 Å². The van der Waals surface area contributed by atoms with Gasteiger partial charge in [-0.15, -0.1) is 11.3 Å². The average Bonchev–Trinajstić information content (AvgIpc) is 3.42. The molecule has 41 heavy (non-hydrogen) atoms. The summed E-state index contributed by atoms with van der Waals surface area (Å²) in [5.41, 5.74) is 2.25. The van der Waals surface area contributed by atoms with Crippen LogP contribution in [0.3, 0.4) is 0 Å². The van der Waals surface area contributed by atoms with Crippen LogP contribution in [-0.2, 0) is 6.54 Å². The Labute approximate surface area is 243 Å². The highest BCUT2D eigenvalue weighted by atomic mass is 32.1. The monoisotopic (exact) mass is 578 g/mol. The van der Waals surface area contributed by atoms with Crippen molar-refractivity contribution in [2.24, 2.45) is 11.8 Å². The first-order valence-corrected chi connectivity index (χ1v) is 14.9. The Morgan fingerprint density at radius 2 is 1.76 bits per heavy atom. The van der Waals surface area contributed by atoms with Crippen molar-refractivity contribution in [3.63, 3.8) is 0 Å². The Morgan fingerprint density at radius 1 is 1.02 bits per heavy atom. The molecule has 10 heteroatoms. The Bertz CT molecular complexity index is 1370. The number of aromatic nitrogens is 2. The van der Waals surface area contributed by atoms with E-state index in [9.17, 15) is 18.8 Å². The molecule has 5 rings (SSSR count). The average molecular weight is 579 g/mol. The molecule has 2 aromatic heterocycles. The lowest BCUT2D eigenvalue weighted by molar-refractivity contribution is 0.0644. The van der Waals surface area contributed by atoms with Gasteiger partial charge in [0, 0.05) is 61.2 Å². The molecule has 0 spiro atoms. The fraction of sp³-hybridized carbons (Fsp3) is 0.452. The zero-order chi connectivity index (χ0) is 28.9. The minimum Gasteiger partial charge on any atom is -0.497 e. The number of likely N-dealkylation sites (tertiary alicyclic amines) is 2. The number of Topliss-reactive ketones (excluding diaryl/α,β-unsaturated/α-hetero) is 2. The number of pyridine rings is 1. The number of thiazole rings is 1. The second-order valence-corrected chi connectivity index (χ2v) is 11.9. The summed E-state index contributed by atoms with van der Waals surface area (Å²) >= 11 is 1.59. The highest BCUT2D eigenvalue weighted by Gasteiger charge is 2.32. The number of ether oxygens (including phenoxy) is 1. The first kappa shape index (κ1) is 29.0. The smallest absolute Gasteiger partial charge is 0.272 e. The van der Waals surface area contributed by atoms with Crippen LogP contribution in [0.2, 0.25) is 0 Å². The number of carbonyl (C=O) groups is 3. The van der Waals surface area contributed by atoms with Gasteiger partial charge in [0.1, 0.15) is 17.6 Å². The third-order valence-corrected chi connectivity index (χ3v) is 8.91. The van der Waals surface area contributed by atoms with Crippen LogP contribution in [0.4, 0.5) is 4.39 Å². The summed E-state index contributed by atoms with van der Waals surface area (Å²) in [5.74, 6) is -0.0669. The molecule has 8 nitrogen and oxygen atoms in total. The summed E-state index contributed by atoms with van der Waals surface area (Å²) < 4.78 is 20.1. The number of carbonyl (C=O) groups excluding carboxylic acids is 3. The van der Waals surface area contributed by atoms with Crippen molar-refractivity contribution >= 4 is 28.8 Å². The maximum Gasteiger partial charge on any atom is 0.272 e. The third kappa shape index (κ3) is 7.05. The Morgan fingerprint density at radius 3 is 2.37 bits per heavy atom. The molecular formula is C31H35FN4O4S. The number of nitrogens with zero attached hydrogens (tertiary/aromatic N) is 4. The Balaban J connectivity index is 1.09. The maximum atomic E-state index is 15.0. The van der Waals surface area contributed by atoms with Gasteiger partial charge in [-0.25, -0.2) is 9.37 Å². The molecule has 2 aliphatic rings. The Hall–Kier alpha value is -3.50. The van der Waals surface area contributed by atoms with Crippen LogP contribution in [0.5, 0.6) is 5.75 Å². The molecule has 1 unspecified atom stereocenters. The number of alkyl halides is 1. The molecule has 2 fully saturated rings. The number of rotatable bonds is 9. The van der Waals surface area contributed by atoms with E-state index in [0.29, 0.717) is 62.3 Å². The van der Waals surface area contributed by atoms with Crippen molar-refractivity contribution in [1.82, 2.24) is 19.8 Å². The number of methoxy groups -OCH3 is 1. The molecule has 1 aromatic carbocycles. The van der Waals surface area contributed by atoms with Gasteiger partial charge in [0.25, 0.3) is 5.91 Å². The van der Waals surface area contributed by atoms with Gasteiger partial charge in [0.05, 0.1) is 17.8 Å². The summed E-state index contributed by atoms with van der Waals surface area (Å²) in [5, 5.41) is 3.01. The second kappa shape index (κ2) is 13.0. The summed E-state index contributed by atoms with van der Waals surface area (Å²) in [6.07, 6.45) is 2.23. The molecule has 0 radical (unpaired) electrons. The number of halogens is 1. The molecule has 4 heterocycles. The highest BCUT2D eigenvalue weighted by Crippen LogP contribution is 2.27. The predicted molar refractivity (Wildman–Crippen MR) is 154 cm³/mol. The van der Waals surface area contributed by atoms with E-state index < -0.39 is 6.17 Å². The number of piperidine rings is 2. The van der Waals surface area contributed by atoms with Gasteiger partial charge >= 0.3 is 0 Å². The van der Waals surface area contributed by atoms with Crippen LogP contribution < -0.4 is 4.74 Å². The van der Waals surface area contributed by atoms with Gasteiger partial charge in [-0.05, 0) is 75.0 Å². The third-order valence-electron chi connectivity index (χ3n) is 8.09. The quantitative estimate of drug-likeness (QED) is 0.329. The number of aryl methyl sites for hydroxylation is 1. The van der Waals surface area contributed by atoms with Crippen LogP contribution in [0.15, 0.2) is 48.0 Å². The van der Waals surface area contributed by atoms with Crippen molar-refractivity contribution in [2.75, 3.05) is 33.3 Å². The molecule has 2 aliphatic heterocycles. The van der Waals surface area contributed by atoms with E-state index in [4.69, 9.17) is 4.74 Å². The normalized spacial score (nSPS) is 20.1. The Kier molecular flexibility index (Phi) is 9.19. The lowest BCUT2D eigenvalue weighted by Gasteiger charge is -2.34. The largest absolute Gasteiger partial charge is 0.497 e. The van der Waals surface area contributed by atoms with Gasteiger partial charge in [-0.3, -0.25) is 24.3 Å². The molecule has 2 saturated heterocycles. The van der Waals surface area contributed by atoms with E-state index in [1.165, 1.54) is 6.20 Å². The van der Waals surface area contributed by atoms with E-state index in [0.717, 1.165) is 17.2 Å². The van der Waals surface area contributed by atoms with Crippen LogP contribution in [-0.4, -0.2) is 76.7 Å². The lowest BCUT2D eigenvalue weighted by Crippen LogP contribution is -2.42. The number of amides is 1. The second-order valence-electron chi connectivity index (χ2n) is 10.9. The van der Waals surface area contributed by atoms with Crippen molar-refractivity contribution < 1.29 is 23.5 Å². The number of hydrogen-bond donors (Lipinski definition) is 0. The number of hydrogen-bond acceptors (Lipinski definition) is 8. The first-order chi connectivity index (χ1) is 19.8. The predicted octanol–water partition coefficient (Wildman–Crippen LogP) is 5.02. The van der Waals surface area contributed by atoms with E-state index in [2.05, 4.69) is 14.9 Å². The highest BCUT2D eigenvalue weighted by molar-refractivity contribution is 7.09. The molecule has 0 saturated carbocycles. The van der Waals surface area contributed by atoms with Crippen LogP contribution in [0, 0.1) is 18.8 Å². The van der Waals surface area contributed by atoms with E-state index in [1.54, 1.807) is 59.7 Å². The molecule has 1 amide bonds. The van der Waals surface area contributed by atoms with Crippen molar-refractivity contribution in [3.05, 3.63) is 75.5 Å². The molecule has 0 N–H and O–H groups in total.